The molecule has 80 heavy (non-hydrogen) atoms. The molecule has 1 saturated heterocycles. The standard InChI is InChI=1S/C56H69N7O17/c1-32-24-33(2)26-36(25-32)46-44-35(17-19-60-44)28-63(46)80-48-51(77-39-15-16-40-42(27-39)76-29-41(47(40)70)34-11-13-38(68)14-12-34)78-52(54(74,30-66)56(48,75)43(69)10-6-22-64)55(31-67,79-50(73)45(49(71)72)59-18-7-23-65)62-53(57)61-21-20-58-37-8-4-3-5-9-37/h11-17,19,23-29,37,43,45,48,51-52,58-60,64,66-69,74-75H,3-10,18,20-22,30-31H2,1-2H3,(H,71,72)(H3,57,61,62). The maximum Gasteiger partial charge on any atom is 0.337 e. The zero-order valence-electron chi connectivity index (χ0n) is 44.2. The van der Waals surface area contributed by atoms with Crippen LogP contribution in [-0.4, -0.2) is 168 Å². The first-order valence-corrected chi connectivity index (χ1v) is 26.4. The van der Waals surface area contributed by atoms with E-state index in [4.69, 9.17) is 29.2 Å². The second kappa shape index (κ2) is 25.4. The predicted octanol–water partition coefficient (Wildman–Crippen LogP) is 1.61. The molecule has 14 N–H and O–H groups in total. The lowest BCUT2D eigenvalue weighted by molar-refractivity contribution is -0.400. The molecule has 8 unspecified atom stereocenters. The van der Waals surface area contributed by atoms with Crippen molar-refractivity contribution in [3.8, 4) is 33.9 Å². The summed E-state index contributed by atoms with van der Waals surface area (Å²) >= 11 is 0. The second-order valence-corrected chi connectivity index (χ2v) is 20.3. The summed E-state index contributed by atoms with van der Waals surface area (Å²) in [5.74, 6) is -4.27. The van der Waals surface area contributed by atoms with Crippen LogP contribution in [-0.2, 0) is 23.9 Å². The molecule has 0 bridgehead atoms. The lowest BCUT2D eigenvalue weighted by atomic mass is 9.66. The first-order chi connectivity index (χ1) is 38.4. The van der Waals surface area contributed by atoms with Gasteiger partial charge in [0.1, 0.15) is 41.9 Å². The fourth-order valence-electron chi connectivity index (χ4n) is 10.7. The van der Waals surface area contributed by atoms with Crippen molar-refractivity contribution in [1.82, 2.24) is 25.7 Å². The molecule has 8 atom stereocenters. The highest BCUT2D eigenvalue weighted by atomic mass is 16.8. The molecule has 3 aromatic carbocycles. The number of carboxylic acids is 1. The third-order valence-electron chi connectivity index (χ3n) is 14.7. The molecule has 8 rings (SSSR count). The number of esters is 1. The number of carbonyl (C=O) groups excluding carboxylic acids is 2. The number of aliphatic imine (C=N–C) groups is 1. The van der Waals surface area contributed by atoms with Crippen molar-refractivity contribution < 1.29 is 78.7 Å². The minimum absolute atomic E-state index is 0.0146. The smallest absolute Gasteiger partial charge is 0.337 e. The number of carboxylic acid groups (broad SMARTS) is 1. The van der Waals surface area contributed by atoms with E-state index < -0.39 is 97.1 Å². The Bertz CT molecular complexity index is 3190. The van der Waals surface area contributed by atoms with Gasteiger partial charge in [-0.3, -0.25) is 15.1 Å². The number of nitrogens with two attached hydrogens (primary N) is 1. The number of aldehydes is 1. The number of phenols is 1. The van der Waals surface area contributed by atoms with E-state index in [0.717, 1.165) is 43.2 Å². The Hall–Kier alpha value is -7.39. The molecule has 0 radical (unpaired) electrons. The molecule has 1 aliphatic heterocycles. The van der Waals surface area contributed by atoms with E-state index in [1.807, 2.05) is 32.0 Å². The number of aliphatic hydroxyl groups excluding tert-OH is 4. The van der Waals surface area contributed by atoms with E-state index in [9.17, 15) is 60.0 Å². The third kappa shape index (κ3) is 12.2. The Morgan fingerprint density at radius 2 is 1.74 bits per heavy atom. The second-order valence-electron chi connectivity index (χ2n) is 20.3. The molecule has 2 fully saturated rings. The number of phenolic OH excluding ortho intramolecular Hbond substituents is 1. The SMILES string of the molecule is Cc1cc(C)cc(-c2c3[nH]ccc3cn2OC2C(Oc3ccc4c(=O)c(-c5ccc(O)cc5)coc4c3)OC(C(CO)(NC(N)=NCCNC3CCCCC3)OC(=O)C(NCCC=O)C(=O)O)C(O)(CO)C2(O)C(O)CCCO)c1. The quantitative estimate of drug-likeness (QED) is 0.00736. The lowest BCUT2D eigenvalue weighted by Crippen LogP contribution is -2.86. The van der Waals surface area contributed by atoms with E-state index in [1.165, 1.54) is 59.7 Å². The van der Waals surface area contributed by atoms with Gasteiger partial charge in [-0.05, 0) is 87.6 Å². The molecule has 4 heterocycles. The number of benzene rings is 3. The molecular weight excluding hydrogens is 1040 g/mol. The largest absolute Gasteiger partial charge is 0.508 e. The van der Waals surface area contributed by atoms with Gasteiger partial charge in [0.2, 0.25) is 24.2 Å². The monoisotopic (exact) mass is 1110 g/mol. The minimum atomic E-state index is -3.43. The molecule has 3 aromatic heterocycles. The molecule has 0 amide bonds. The number of nitrogens with one attached hydrogen (secondary N) is 4. The number of aromatic nitrogens is 2. The number of carbonyl (C=O) groups is 3. The fraction of sp³-hybridized carbons (Fsp3) is 0.446. The number of nitrogens with zero attached hydrogens (tertiary/aromatic N) is 2. The number of fused-ring (bicyclic) bond motifs is 2. The highest BCUT2D eigenvalue weighted by Crippen LogP contribution is 2.47. The van der Waals surface area contributed by atoms with Gasteiger partial charge >= 0.3 is 11.9 Å². The fourth-order valence-corrected chi connectivity index (χ4v) is 10.7. The van der Waals surface area contributed by atoms with Crippen LogP contribution in [0.5, 0.6) is 11.5 Å². The van der Waals surface area contributed by atoms with Crippen molar-refractivity contribution >= 4 is 46.1 Å². The number of hydrogen-bond acceptors (Lipinski definition) is 19. The van der Waals surface area contributed by atoms with Crippen LogP contribution >= 0.6 is 0 Å². The average molecular weight is 1110 g/mol. The zero-order valence-corrected chi connectivity index (χ0v) is 44.2. The maximum absolute atomic E-state index is 14.3. The van der Waals surface area contributed by atoms with Crippen molar-refractivity contribution in [2.75, 3.05) is 39.5 Å². The summed E-state index contributed by atoms with van der Waals surface area (Å²) in [4.78, 5) is 66.6. The molecule has 430 valence electrons. The van der Waals surface area contributed by atoms with Crippen LogP contribution in [0.3, 0.4) is 0 Å². The van der Waals surface area contributed by atoms with Crippen molar-refractivity contribution in [2.24, 2.45) is 10.7 Å². The van der Waals surface area contributed by atoms with Gasteiger partial charge in [-0.2, -0.15) is 4.73 Å². The Balaban J connectivity index is 1.31. The highest BCUT2D eigenvalue weighted by Gasteiger charge is 2.75. The van der Waals surface area contributed by atoms with Crippen molar-refractivity contribution in [3.63, 3.8) is 0 Å². The van der Waals surface area contributed by atoms with Gasteiger partial charge in [-0.25, -0.2) is 9.59 Å². The van der Waals surface area contributed by atoms with Crippen LogP contribution in [0.15, 0.2) is 99.6 Å². The van der Waals surface area contributed by atoms with Gasteiger partial charge < -0.3 is 90.5 Å². The molecule has 24 heteroatoms. The summed E-state index contributed by atoms with van der Waals surface area (Å²) in [7, 11) is 0. The Morgan fingerprint density at radius 1 is 1.00 bits per heavy atom. The first kappa shape index (κ1) is 58.8. The summed E-state index contributed by atoms with van der Waals surface area (Å²) < 4.78 is 26.3. The van der Waals surface area contributed by atoms with E-state index in [-0.39, 0.29) is 60.0 Å². The van der Waals surface area contributed by atoms with Gasteiger partial charge in [0, 0.05) is 55.4 Å². The zero-order chi connectivity index (χ0) is 57.4. The summed E-state index contributed by atoms with van der Waals surface area (Å²) in [6.45, 7) is 0.0343. The number of aliphatic hydroxyl groups is 6. The third-order valence-corrected chi connectivity index (χ3v) is 14.7. The van der Waals surface area contributed by atoms with Crippen molar-refractivity contribution in [3.05, 3.63) is 107 Å². The maximum atomic E-state index is 14.3. The van der Waals surface area contributed by atoms with Crippen LogP contribution in [0.2, 0.25) is 0 Å². The van der Waals surface area contributed by atoms with Crippen LogP contribution < -0.4 is 36.7 Å². The molecule has 1 aliphatic carbocycles. The van der Waals surface area contributed by atoms with Crippen molar-refractivity contribution in [2.45, 2.75) is 119 Å². The topological polar surface area (TPSA) is 375 Å². The molecule has 2 aliphatic rings. The summed E-state index contributed by atoms with van der Waals surface area (Å²) in [5.41, 5.74) is -0.0774. The number of aromatic hydroxyl groups is 1. The van der Waals surface area contributed by atoms with Crippen LogP contribution in [0.4, 0.5) is 0 Å². The number of aromatic amines is 1. The molecule has 6 aromatic rings. The first-order valence-electron chi connectivity index (χ1n) is 26.4. The molecule has 24 nitrogen and oxygen atoms in total. The summed E-state index contributed by atoms with van der Waals surface area (Å²) in [5, 5.41) is 102. The predicted molar refractivity (Wildman–Crippen MR) is 290 cm³/mol. The minimum Gasteiger partial charge on any atom is -0.508 e. The van der Waals surface area contributed by atoms with Gasteiger partial charge in [0.05, 0.1) is 41.9 Å². The van der Waals surface area contributed by atoms with E-state index in [0.29, 0.717) is 40.6 Å². The molecule has 0 spiro atoms. The Morgan fingerprint density at radius 3 is 2.41 bits per heavy atom. The summed E-state index contributed by atoms with van der Waals surface area (Å²) in [6, 6.07) is 15.2. The van der Waals surface area contributed by atoms with Crippen molar-refractivity contribution in [1.29, 1.82) is 0 Å². The Labute approximate surface area is 458 Å². The van der Waals surface area contributed by atoms with E-state index in [2.05, 4.69) is 25.9 Å². The average Bonchev–Trinajstić information content (AvgIpc) is 4.07. The number of hydrogen-bond donors (Lipinski definition) is 13. The Kier molecular flexibility index (Phi) is 18.6. The molecule has 1 saturated carbocycles. The molecular formula is C56H69N7O17. The van der Waals surface area contributed by atoms with Gasteiger partial charge in [0.15, 0.2) is 28.7 Å². The van der Waals surface area contributed by atoms with E-state index >= 15 is 0 Å². The number of aliphatic carboxylic acids is 1. The lowest BCUT2D eigenvalue weighted by Gasteiger charge is -2.59. The number of aryl methyl sites for hydroxylation is 2. The van der Waals surface area contributed by atoms with Gasteiger partial charge in [-0.1, -0.05) is 48.6 Å². The summed E-state index contributed by atoms with van der Waals surface area (Å²) in [6.07, 6.45) is -0.340. The number of H-pyrrole nitrogens is 1. The normalized spacial score (nSPS) is 22.4. The van der Waals surface area contributed by atoms with Crippen LogP contribution in [0.25, 0.3) is 44.3 Å². The number of guanidine groups is 1. The number of rotatable bonds is 25. The number of ether oxygens (including phenoxy) is 3. The van der Waals surface area contributed by atoms with Gasteiger partial charge in [0.25, 0.3) is 0 Å². The highest BCUT2D eigenvalue weighted by molar-refractivity contribution is 5.98. The van der Waals surface area contributed by atoms with Crippen LogP contribution in [0.1, 0.15) is 62.5 Å². The van der Waals surface area contributed by atoms with E-state index in [1.54, 1.807) is 12.3 Å². The van der Waals surface area contributed by atoms with Crippen LogP contribution in [0, 0.1) is 13.8 Å². The van der Waals surface area contributed by atoms with Gasteiger partial charge in [-0.15, -0.1) is 0 Å².